The minimum Gasteiger partial charge on any atom is -0.423 e. The number of pyridine rings is 1. The lowest BCUT2D eigenvalue weighted by molar-refractivity contribution is -0.274. The van der Waals surface area contributed by atoms with Crippen molar-refractivity contribution in [3.05, 3.63) is 42.2 Å². The van der Waals surface area contributed by atoms with E-state index in [9.17, 15) is 23.2 Å². The van der Waals surface area contributed by atoms with Crippen molar-refractivity contribution in [2.24, 2.45) is 0 Å². The van der Waals surface area contributed by atoms with Crippen molar-refractivity contribution < 1.29 is 28.0 Å². The molecule has 0 radical (unpaired) electrons. The Morgan fingerprint density at radius 1 is 1.10 bits per heavy atom. The maximum absolute atomic E-state index is 12.1. The molecule has 8 heteroatoms. The van der Waals surface area contributed by atoms with Crippen molar-refractivity contribution in [2.75, 3.05) is 0 Å². The number of rotatable bonds is 3. The van der Waals surface area contributed by atoms with Crippen LogP contribution in [-0.2, 0) is 0 Å². The van der Waals surface area contributed by atoms with Crippen molar-refractivity contribution in [1.82, 2.24) is 4.98 Å². The molecule has 1 aromatic heterocycles. The number of aromatic nitrogens is 1. The fourth-order valence-electron chi connectivity index (χ4n) is 2.00. The van der Waals surface area contributed by atoms with E-state index >= 15 is 0 Å². The van der Waals surface area contributed by atoms with E-state index < -0.39 is 13.5 Å². The first-order valence-corrected chi connectivity index (χ1v) is 5.96. The molecule has 1 heterocycles. The quantitative estimate of drug-likeness (QED) is 0.845. The van der Waals surface area contributed by atoms with Crippen molar-refractivity contribution in [1.29, 1.82) is 0 Å². The summed E-state index contributed by atoms with van der Waals surface area (Å²) in [7, 11) is -1.70. The van der Waals surface area contributed by atoms with Gasteiger partial charge in [0.1, 0.15) is 5.75 Å². The summed E-state index contributed by atoms with van der Waals surface area (Å²) in [6, 6.07) is 6.55. The van der Waals surface area contributed by atoms with E-state index in [1.165, 1.54) is 24.4 Å². The highest BCUT2D eigenvalue weighted by Crippen LogP contribution is 2.26. The molecule has 0 amide bonds. The van der Waals surface area contributed by atoms with Gasteiger partial charge in [0, 0.05) is 17.5 Å². The van der Waals surface area contributed by atoms with E-state index in [1.807, 2.05) is 0 Å². The molecule has 21 heavy (non-hydrogen) atoms. The van der Waals surface area contributed by atoms with Crippen LogP contribution in [0.1, 0.15) is 5.69 Å². The summed E-state index contributed by atoms with van der Waals surface area (Å²) in [5.74, 6) is -0.348. The fraction of sp³-hybridized carbons (Fsp3) is 0.154. The Balaban J connectivity index is 2.40. The van der Waals surface area contributed by atoms with Crippen LogP contribution in [0.15, 0.2) is 36.5 Å². The molecular weight excluding hydrogens is 286 g/mol. The minimum absolute atomic E-state index is 0.229. The third-order valence-electron chi connectivity index (χ3n) is 2.83. The lowest BCUT2D eigenvalue weighted by Gasteiger charge is -2.13. The van der Waals surface area contributed by atoms with Crippen molar-refractivity contribution in [2.45, 2.75) is 13.3 Å². The number of halogens is 3. The van der Waals surface area contributed by atoms with Crippen molar-refractivity contribution in [3.63, 3.8) is 0 Å². The highest BCUT2D eigenvalue weighted by molar-refractivity contribution is 6.60. The van der Waals surface area contributed by atoms with Gasteiger partial charge in [-0.1, -0.05) is 12.1 Å². The van der Waals surface area contributed by atoms with Crippen LogP contribution in [0.2, 0.25) is 0 Å². The first kappa shape index (κ1) is 15.3. The second kappa shape index (κ2) is 5.75. The molecule has 0 aliphatic heterocycles. The lowest BCUT2D eigenvalue weighted by Crippen LogP contribution is -2.32. The van der Waals surface area contributed by atoms with E-state index in [2.05, 4.69) is 9.72 Å². The molecule has 4 nitrogen and oxygen atoms in total. The summed E-state index contributed by atoms with van der Waals surface area (Å²) in [6.45, 7) is 1.67. The number of benzene rings is 1. The zero-order chi connectivity index (χ0) is 15.6. The van der Waals surface area contributed by atoms with Crippen LogP contribution in [-0.4, -0.2) is 28.5 Å². The second-order valence-electron chi connectivity index (χ2n) is 4.31. The zero-order valence-corrected chi connectivity index (χ0v) is 10.9. The lowest BCUT2D eigenvalue weighted by atomic mass is 9.75. The molecule has 0 aliphatic carbocycles. The van der Waals surface area contributed by atoms with Gasteiger partial charge in [-0.3, -0.25) is 4.98 Å². The van der Waals surface area contributed by atoms with E-state index in [1.54, 1.807) is 6.92 Å². The Morgan fingerprint density at radius 2 is 1.71 bits per heavy atom. The Kier molecular flexibility index (Phi) is 4.20. The third-order valence-corrected chi connectivity index (χ3v) is 2.83. The van der Waals surface area contributed by atoms with Crippen LogP contribution < -0.4 is 10.2 Å². The molecule has 2 rings (SSSR count). The average molecular weight is 297 g/mol. The molecule has 0 saturated heterocycles. The van der Waals surface area contributed by atoms with Gasteiger partial charge in [0.25, 0.3) is 0 Å². The van der Waals surface area contributed by atoms with Gasteiger partial charge in [-0.25, -0.2) is 0 Å². The van der Waals surface area contributed by atoms with Gasteiger partial charge in [0.15, 0.2) is 0 Å². The van der Waals surface area contributed by atoms with Gasteiger partial charge in [0.2, 0.25) is 0 Å². The Bertz CT molecular complexity index is 630. The first-order valence-electron chi connectivity index (χ1n) is 5.96. The van der Waals surface area contributed by atoms with Crippen molar-refractivity contribution >= 4 is 12.6 Å². The van der Waals surface area contributed by atoms with Gasteiger partial charge in [-0.2, -0.15) is 0 Å². The van der Waals surface area contributed by atoms with Crippen LogP contribution in [0.4, 0.5) is 13.2 Å². The standard InChI is InChI=1S/C13H11BF3NO3/c1-8-12(11(14(19)20)6-7-18-8)9-2-4-10(5-3-9)21-13(15,16)17/h2-7,19-20H,1H3. The molecule has 110 valence electrons. The number of hydrogen-bond acceptors (Lipinski definition) is 4. The van der Waals surface area contributed by atoms with E-state index in [-0.39, 0.29) is 11.2 Å². The van der Waals surface area contributed by atoms with Crippen LogP contribution in [0.25, 0.3) is 11.1 Å². The largest absolute Gasteiger partial charge is 0.573 e. The summed E-state index contributed by atoms with van der Waals surface area (Å²) in [5.41, 5.74) is 1.74. The summed E-state index contributed by atoms with van der Waals surface area (Å²) in [5, 5.41) is 18.7. The van der Waals surface area contributed by atoms with Gasteiger partial charge in [0.05, 0.1) is 0 Å². The Labute approximate surface area is 119 Å². The fourth-order valence-corrected chi connectivity index (χ4v) is 2.00. The van der Waals surface area contributed by atoms with E-state index in [4.69, 9.17) is 0 Å². The maximum atomic E-state index is 12.1. The Morgan fingerprint density at radius 3 is 2.24 bits per heavy atom. The van der Waals surface area contributed by atoms with Crippen LogP contribution in [0, 0.1) is 6.92 Å². The number of alkyl halides is 3. The van der Waals surface area contributed by atoms with E-state index in [0.29, 0.717) is 16.8 Å². The normalized spacial score (nSPS) is 11.3. The molecule has 0 unspecified atom stereocenters. The maximum Gasteiger partial charge on any atom is 0.573 e. The van der Waals surface area contributed by atoms with Crippen LogP contribution in [0.3, 0.4) is 0 Å². The van der Waals surface area contributed by atoms with Gasteiger partial charge in [-0.15, -0.1) is 13.2 Å². The summed E-state index contributed by atoms with van der Waals surface area (Å²) >= 11 is 0. The summed E-state index contributed by atoms with van der Waals surface area (Å²) < 4.78 is 40.1. The predicted molar refractivity (Wildman–Crippen MR) is 70.9 cm³/mol. The molecule has 2 aromatic rings. The minimum atomic E-state index is -4.75. The number of hydrogen-bond donors (Lipinski definition) is 2. The van der Waals surface area contributed by atoms with Gasteiger partial charge < -0.3 is 14.8 Å². The summed E-state index contributed by atoms with van der Waals surface area (Å²) in [4.78, 5) is 4.05. The average Bonchev–Trinajstić information content (AvgIpc) is 2.37. The molecule has 0 fully saturated rings. The molecule has 0 bridgehead atoms. The molecule has 0 saturated carbocycles. The van der Waals surface area contributed by atoms with Gasteiger partial charge in [-0.05, 0) is 36.1 Å². The SMILES string of the molecule is Cc1nccc(B(O)O)c1-c1ccc(OC(F)(F)F)cc1. The van der Waals surface area contributed by atoms with E-state index in [0.717, 1.165) is 12.1 Å². The monoisotopic (exact) mass is 297 g/mol. The molecule has 0 spiro atoms. The van der Waals surface area contributed by atoms with Crippen LogP contribution >= 0.6 is 0 Å². The highest BCUT2D eigenvalue weighted by Gasteiger charge is 2.31. The van der Waals surface area contributed by atoms with Crippen molar-refractivity contribution in [3.8, 4) is 16.9 Å². The molecular formula is C13H11BF3NO3. The zero-order valence-electron chi connectivity index (χ0n) is 10.9. The molecule has 0 atom stereocenters. The molecule has 0 aliphatic rings. The van der Waals surface area contributed by atoms with Crippen LogP contribution in [0.5, 0.6) is 5.75 Å². The Hall–Kier alpha value is -2.06. The smallest absolute Gasteiger partial charge is 0.423 e. The van der Waals surface area contributed by atoms with Gasteiger partial charge >= 0.3 is 13.5 Å². The second-order valence-corrected chi connectivity index (χ2v) is 4.31. The number of nitrogens with zero attached hydrogens (tertiary/aromatic N) is 1. The highest BCUT2D eigenvalue weighted by atomic mass is 19.4. The number of aryl methyl sites for hydroxylation is 1. The topological polar surface area (TPSA) is 62.6 Å². The molecule has 2 N–H and O–H groups in total. The number of ether oxygens (including phenoxy) is 1. The summed E-state index contributed by atoms with van der Waals surface area (Å²) in [6.07, 6.45) is -3.33. The third kappa shape index (κ3) is 3.74. The first-order chi connectivity index (χ1) is 9.78. The molecule has 1 aromatic carbocycles. The predicted octanol–water partition coefficient (Wildman–Crippen LogP) is 1.64.